The van der Waals surface area contributed by atoms with Crippen molar-refractivity contribution >= 4 is 39.9 Å². The van der Waals surface area contributed by atoms with Crippen molar-refractivity contribution in [1.82, 2.24) is 9.55 Å². The lowest BCUT2D eigenvalue weighted by Crippen LogP contribution is -1.98. The van der Waals surface area contributed by atoms with Gasteiger partial charge in [-0.15, -0.1) is 0 Å². The second-order valence-electron chi connectivity index (χ2n) is 5.41. The number of anilines is 1. The minimum atomic E-state index is 0.483. The summed E-state index contributed by atoms with van der Waals surface area (Å²) in [6.07, 6.45) is 2.33. The molecule has 2 N–H and O–H groups in total. The molecule has 1 aromatic heterocycles. The fourth-order valence-corrected chi connectivity index (χ4v) is 3.11. The summed E-state index contributed by atoms with van der Waals surface area (Å²) in [5.41, 5.74) is 9.34. The van der Waals surface area contributed by atoms with Crippen LogP contribution in [0.1, 0.15) is 18.9 Å². The molecule has 3 nitrogen and oxygen atoms in total. The largest absolute Gasteiger partial charge is 0.399 e. The topological polar surface area (TPSA) is 43.8 Å². The predicted octanol–water partition coefficient (Wildman–Crippen LogP) is 4.93. The molecule has 3 aromatic rings. The van der Waals surface area contributed by atoms with Crippen LogP contribution < -0.4 is 5.73 Å². The Labute approximate surface area is 132 Å². The maximum absolute atomic E-state index is 6.36. The van der Waals surface area contributed by atoms with Crippen molar-refractivity contribution in [1.29, 1.82) is 0 Å². The van der Waals surface area contributed by atoms with Gasteiger partial charge in [0.2, 0.25) is 0 Å². The first-order chi connectivity index (χ1) is 10.1. The third kappa shape index (κ3) is 2.17. The summed E-state index contributed by atoms with van der Waals surface area (Å²) in [5.74, 6) is 0.889. The quantitative estimate of drug-likeness (QED) is 0.681. The number of nitrogens with two attached hydrogens (primary N) is 1. The Kier molecular flexibility index (Phi) is 2.88. The van der Waals surface area contributed by atoms with Gasteiger partial charge in [0, 0.05) is 22.3 Å². The van der Waals surface area contributed by atoms with E-state index in [4.69, 9.17) is 33.9 Å². The van der Waals surface area contributed by atoms with Gasteiger partial charge in [0.25, 0.3) is 0 Å². The smallest absolute Gasteiger partial charge is 0.142 e. The third-order valence-electron chi connectivity index (χ3n) is 3.80. The fraction of sp³-hybridized carbons (Fsp3) is 0.188. The first-order valence-electron chi connectivity index (χ1n) is 6.86. The van der Waals surface area contributed by atoms with Crippen LogP contribution in [0, 0.1) is 0 Å². The molecule has 0 radical (unpaired) electrons. The summed E-state index contributed by atoms with van der Waals surface area (Å²) in [6, 6.07) is 11.8. The molecular formula is C16H13Cl2N3. The highest BCUT2D eigenvalue weighted by atomic mass is 35.5. The highest BCUT2D eigenvalue weighted by Gasteiger charge is 2.29. The number of aromatic nitrogens is 2. The third-order valence-corrected chi connectivity index (χ3v) is 4.35. The average molecular weight is 318 g/mol. The maximum Gasteiger partial charge on any atom is 0.142 e. The van der Waals surface area contributed by atoms with E-state index in [1.54, 1.807) is 6.07 Å². The molecule has 1 aliphatic rings. The molecule has 5 heteroatoms. The predicted molar refractivity (Wildman–Crippen MR) is 87.9 cm³/mol. The highest BCUT2D eigenvalue weighted by Crippen LogP contribution is 2.43. The van der Waals surface area contributed by atoms with Crippen molar-refractivity contribution in [2.75, 3.05) is 5.73 Å². The summed E-state index contributed by atoms with van der Waals surface area (Å²) >= 11 is 12.5. The van der Waals surface area contributed by atoms with Gasteiger partial charge in [-0.3, -0.25) is 0 Å². The fourth-order valence-electron chi connectivity index (χ4n) is 2.67. The van der Waals surface area contributed by atoms with Gasteiger partial charge < -0.3 is 10.3 Å². The van der Waals surface area contributed by atoms with Crippen molar-refractivity contribution < 1.29 is 0 Å². The van der Waals surface area contributed by atoms with Crippen LogP contribution in [0.2, 0.25) is 10.0 Å². The Morgan fingerprint density at radius 1 is 1.10 bits per heavy atom. The number of nitrogen functional groups attached to an aromatic ring is 1. The van der Waals surface area contributed by atoms with Gasteiger partial charge in [0.1, 0.15) is 5.82 Å². The summed E-state index contributed by atoms with van der Waals surface area (Å²) in [7, 11) is 0. The Morgan fingerprint density at radius 2 is 1.90 bits per heavy atom. The molecule has 0 aliphatic heterocycles. The normalized spacial score (nSPS) is 14.8. The van der Waals surface area contributed by atoms with Gasteiger partial charge in [-0.05, 0) is 49.2 Å². The zero-order valence-corrected chi connectivity index (χ0v) is 12.7. The SMILES string of the molecule is Nc1ccc(-c2nc3ccc(Cl)cc3n2C2CC2)c(Cl)c1. The molecule has 21 heavy (non-hydrogen) atoms. The van der Waals surface area contributed by atoms with Crippen LogP contribution in [0.4, 0.5) is 5.69 Å². The molecule has 106 valence electrons. The molecule has 0 spiro atoms. The number of hydrogen-bond acceptors (Lipinski definition) is 2. The van der Waals surface area contributed by atoms with Gasteiger partial charge in [-0.2, -0.15) is 0 Å². The maximum atomic E-state index is 6.36. The van der Waals surface area contributed by atoms with Crippen LogP contribution in [0.15, 0.2) is 36.4 Å². The van der Waals surface area contributed by atoms with E-state index in [1.165, 1.54) is 0 Å². The van der Waals surface area contributed by atoms with Crippen LogP contribution in [0.3, 0.4) is 0 Å². The Bertz CT molecular complexity index is 850. The number of rotatable bonds is 2. The van der Waals surface area contributed by atoms with Crippen molar-refractivity contribution in [2.24, 2.45) is 0 Å². The van der Waals surface area contributed by atoms with Crippen molar-refractivity contribution in [3.63, 3.8) is 0 Å². The second-order valence-corrected chi connectivity index (χ2v) is 6.25. The standard InChI is InChI=1S/C16H13Cl2N3/c17-9-1-6-14-15(7-9)21(11-3-4-11)16(20-14)12-5-2-10(19)8-13(12)18/h1-2,5-8,11H,3-4,19H2. The second kappa shape index (κ2) is 4.65. The Balaban J connectivity index is 2.01. The molecule has 1 heterocycles. The van der Waals surface area contributed by atoms with Crippen molar-refractivity contribution in [3.8, 4) is 11.4 Å². The van der Waals surface area contributed by atoms with E-state index in [2.05, 4.69) is 4.57 Å². The lowest BCUT2D eigenvalue weighted by atomic mass is 10.2. The number of nitrogens with zero attached hydrogens (tertiary/aromatic N) is 2. The first kappa shape index (κ1) is 13.0. The summed E-state index contributed by atoms with van der Waals surface area (Å²) in [6.45, 7) is 0. The molecule has 0 unspecified atom stereocenters. The summed E-state index contributed by atoms with van der Waals surface area (Å²) in [5, 5.41) is 1.34. The zero-order chi connectivity index (χ0) is 14.6. The van der Waals surface area contributed by atoms with E-state index in [1.807, 2.05) is 30.3 Å². The number of halogens is 2. The van der Waals surface area contributed by atoms with Gasteiger partial charge in [0.15, 0.2) is 0 Å². The van der Waals surface area contributed by atoms with E-state index >= 15 is 0 Å². The van der Waals surface area contributed by atoms with Gasteiger partial charge in [-0.25, -0.2) is 4.98 Å². The Morgan fingerprint density at radius 3 is 2.62 bits per heavy atom. The molecule has 2 aromatic carbocycles. The van der Waals surface area contributed by atoms with Crippen LogP contribution in [-0.4, -0.2) is 9.55 Å². The minimum absolute atomic E-state index is 0.483. The molecule has 1 saturated carbocycles. The molecule has 0 atom stereocenters. The number of fused-ring (bicyclic) bond motifs is 1. The van der Waals surface area contributed by atoms with Crippen molar-refractivity contribution in [3.05, 3.63) is 46.4 Å². The van der Waals surface area contributed by atoms with Crippen LogP contribution in [0.5, 0.6) is 0 Å². The monoisotopic (exact) mass is 317 g/mol. The molecule has 4 rings (SSSR count). The van der Waals surface area contributed by atoms with Crippen LogP contribution in [-0.2, 0) is 0 Å². The zero-order valence-electron chi connectivity index (χ0n) is 11.2. The van der Waals surface area contributed by atoms with E-state index in [-0.39, 0.29) is 0 Å². The van der Waals surface area contributed by atoms with E-state index < -0.39 is 0 Å². The van der Waals surface area contributed by atoms with Crippen molar-refractivity contribution in [2.45, 2.75) is 18.9 Å². The average Bonchev–Trinajstić information content (AvgIpc) is 3.20. The lowest BCUT2D eigenvalue weighted by Gasteiger charge is -2.09. The molecule has 0 amide bonds. The molecule has 0 bridgehead atoms. The van der Waals surface area contributed by atoms with Gasteiger partial charge >= 0.3 is 0 Å². The minimum Gasteiger partial charge on any atom is -0.399 e. The molecule has 0 saturated heterocycles. The number of benzene rings is 2. The Hall–Kier alpha value is -1.71. The summed E-state index contributed by atoms with van der Waals surface area (Å²) < 4.78 is 2.25. The molecule has 1 aliphatic carbocycles. The van der Waals surface area contributed by atoms with Crippen LogP contribution in [0.25, 0.3) is 22.4 Å². The summed E-state index contributed by atoms with van der Waals surface area (Å²) in [4.78, 5) is 4.75. The number of imidazole rings is 1. The molecule has 1 fully saturated rings. The van der Waals surface area contributed by atoms with Crippen LogP contribution >= 0.6 is 23.2 Å². The van der Waals surface area contributed by atoms with Gasteiger partial charge in [-0.1, -0.05) is 23.2 Å². The number of hydrogen-bond donors (Lipinski definition) is 1. The lowest BCUT2D eigenvalue weighted by molar-refractivity contribution is 0.775. The van der Waals surface area contributed by atoms with E-state index in [9.17, 15) is 0 Å². The highest BCUT2D eigenvalue weighted by molar-refractivity contribution is 6.33. The molecular weight excluding hydrogens is 305 g/mol. The van der Waals surface area contributed by atoms with E-state index in [0.29, 0.717) is 16.8 Å². The van der Waals surface area contributed by atoms with Gasteiger partial charge in [0.05, 0.1) is 16.1 Å². The van der Waals surface area contributed by atoms with E-state index in [0.717, 1.165) is 40.3 Å². The first-order valence-corrected chi connectivity index (χ1v) is 7.62.